The molecular formula is C20H29N5OS. The van der Waals surface area contributed by atoms with E-state index in [0.29, 0.717) is 6.04 Å². The summed E-state index contributed by atoms with van der Waals surface area (Å²) in [7, 11) is 0. The van der Waals surface area contributed by atoms with Gasteiger partial charge < -0.3 is 9.88 Å². The summed E-state index contributed by atoms with van der Waals surface area (Å²) in [5.74, 6) is 1.88. The average molecular weight is 388 g/mol. The third kappa shape index (κ3) is 3.80. The average Bonchev–Trinajstić information content (AvgIpc) is 3.21. The Balaban J connectivity index is 1.64. The lowest BCUT2D eigenvalue weighted by molar-refractivity contribution is -0.114. The van der Waals surface area contributed by atoms with Crippen molar-refractivity contribution in [2.45, 2.75) is 78.4 Å². The van der Waals surface area contributed by atoms with E-state index in [0.717, 1.165) is 49.8 Å². The second-order valence-electron chi connectivity index (χ2n) is 7.79. The molecule has 0 aliphatic carbocycles. The summed E-state index contributed by atoms with van der Waals surface area (Å²) in [6.45, 7) is 8.78. The van der Waals surface area contributed by atoms with Gasteiger partial charge in [0, 0.05) is 18.3 Å². The molecule has 1 fully saturated rings. The molecule has 0 saturated carbocycles. The van der Waals surface area contributed by atoms with Crippen molar-refractivity contribution in [2.75, 3.05) is 11.9 Å². The van der Waals surface area contributed by atoms with E-state index >= 15 is 0 Å². The van der Waals surface area contributed by atoms with E-state index in [-0.39, 0.29) is 5.91 Å². The molecule has 0 spiro atoms. The molecule has 4 heterocycles. The molecule has 1 saturated heterocycles. The number of thiazole rings is 1. The summed E-state index contributed by atoms with van der Waals surface area (Å²) < 4.78 is 2.40. The van der Waals surface area contributed by atoms with Crippen LogP contribution in [0, 0.1) is 13.8 Å². The Bertz CT molecular complexity index is 820. The number of hydrogen-bond acceptors (Lipinski definition) is 5. The van der Waals surface area contributed by atoms with Gasteiger partial charge in [-0.15, -0.1) is 11.3 Å². The Morgan fingerprint density at radius 3 is 2.78 bits per heavy atom. The van der Waals surface area contributed by atoms with Gasteiger partial charge in [0.2, 0.25) is 5.91 Å². The molecule has 1 amide bonds. The summed E-state index contributed by atoms with van der Waals surface area (Å²) in [6.07, 6.45) is 6.91. The molecule has 0 radical (unpaired) electrons. The summed E-state index contributed by atoms with van der Waals surface area (Å²) in [6, 6.07) is 0.314. The first-order valence-corrected chi connectivity index (χ1v) is 10.9. The van der Waals surface area contributed by atoms with Gasteiger partial charge >= 0.3 is 0 Å². The Labute approximate surface area is 165 Å². The van der Waals surface area contributed by atoms with Crippen LogP contribution in [0.15, 0.2) is 0 Å². The van der Waals surface area contributed by atoms with Crippen molar-refractivity contribution in [3.05, 3.63) is 27.1 Å². The lowest BCUT2D eigenvalue weighted by atomic mass is 10.2. The Morgan fingerprint density at radius 1 is 1.19 bits per heavy atom. The Morgan fingerprint density at radius 2 is 2.04 bits per heavy atom. The Kier molecular flexibility index (Phi) is 5.32. The van der Waals surface area contributed by atoms with Crippen LogP contribution in [0.4, 0.5) is 5.82 Å². The van der Waals surface area contributed by atoms with Crippen molar-refractivity contribution < 1.29 is 4.79 Å². The molecule has 1 atom stereocenters. The maximum Gasteiger partial charge on any atom is 0.222 e. The minimum atomic E-state index is -0.0382. The van der Waals surface area contributed by atoms with E-state index in [1.54, 1.807) is 6.92 Å². The van der Waals surface area contributed by atoms with Crippen molar-refractivity contribution in [1.82, 2.24) is 19.4 Å². The number of likely N-dealkylation sites (tertiary alicyclic amines) is 1. The number of aryl methyl sites for hydroxylation is 2. The molecule has 1 N–H and O–H groups in total. The molecule has 0 bridgehead atoms. The molecule has 0 unspecified atom stereocenters. The van der Waals surface area contributed by atoms with Crippen LogP contribution in [0.1, 0.15) is 72.2 Å². The monoisotopic (exact) mass is 387 g/mol. The van der Waals surface area contributed by atoms with Crippen molar-refractivity contribution in [3.63, 3.8) is 0 Å². The lowest BCUT2D eigenvalue weighted by Gasteiger charge is -2.24. The van der Waals surface area contributed by atoms with E-state index in [4.69, 9.17) is 9.97 Å². The zero-order valence-corrected chi connectivity index (χ0v) is 17.4. The number of rotatable bonds is 4. The van der Waals surface area contributed by atoms with Crippen LogP contribution in [0.5, 0.6) is 0 Å². The first-order valence-electron chi connectivity index (χ1n) is 10.1. The van der Waals surface area contributed by atoms with Crippen LogP contribution in [0.25, 0.3) is 0 Å². The summed E-state index contributed by atoms with van der Waals surface area (Å²) in [5.41, 5.74) is 2.36. The van der Waals surface area contributed by atoms with E-state index in [1.807, 2.05) is 11.3 Å². The van der Waals surface area contributed by atoms with E-state index < -0.39 is 0 Å². The molecule has 2 aliphatic heterocycles. The van der Waals surface area contributed by atoms with Gasteiger partial charge in [0.05, 0.1) is 24.0 Å². The van der Waals surface area contributed by atoms with Crippen molar-refractivity contribution in [1.29, 1.82) is 0 Å². The second kappa shape index (κ2) is 7.72. The number of aromatic nitrogens is 3. The van der Waals surface area contributed by atoms with Crippen molar-refractivity contribution >= 4 is 23.1 Å². The maximum absolute atomic E-state index is 11.7. The molecule has 2 aromatic heterocycles. The minimum absolute atomic E-state index is 0.0382. The number of imidazole rings is 1. The summed E-state index contributed by atoms with van der Waals surface area (Å²) in [4.78, 5) is 25.2. The highest BCUT2D eigenvalue weighted by atomic mass is 32.1. The van der Waals surface area contributed by atoms with Crippen LogP contribution in [-0.4, -0.2) is 31.9 Å². The first-order chi connectivity index (χ1) is 13.0. The topological polar surface area (TPSA) is 63.1 Å². The van der Waals surface area contributed by atoms with Gasteiger partial charge in [0.15, 0.2) is 5.82 Å². The lowest BCUT2D eigenvalue weighted by Crippen LogP contribution is -2.25. The largest absolute Gasteiger partial charge is 0.329 e. The number of anilines is 1. The zero-order chi connectivity index (χ0) is 19.0. The highest BCUT2D eigenvalue weighted by Crippen LogP contribution is 2.37. The fourth-order valence-electron chi connectivity index (χ4n) is 4.36. The SMILES string of the molecule is CC(=O)Nc1nc([C@@H]2CCCN2Cc2nc(C)c(C)s2)n2c1CCCCC2. The molecule has 4 rings (SSSR count). The van der Waals surface area contributed by atoms with Gasteiger partial charge in [-0.2, -0.15) is 0 Å². The first kappa shape index (κ1) is 18.6. The molecule has 27 heavy (non-hydrogen) atoms. The quantitative estimate of drug-likeness (QED) is 0.862. The van der Waals surface area contributed by atoms with Crippen LogP contribution >= 0.6 is 11.3 Å². The number of amides is 1. The molecule has 6 nitrogen and oxygen atoms in total. The number of fused-ring (bicyclic) bond motifs is 1. The van der Waals surface area contributed by atoms with Gasteiger partial charge in [-0.05, 0) is 52.5 Å². The number of hydrogen-bond donors (Lipinski definition) is 1. The third-order valence-corrected chi connectivity index (χ3v) is 6.82. The predicted molar refractivity (Wildman–Crippen MR) is 108 cm³/mol. The summed E-state index contributed by atoms with van der Waals surface area (Å²) in [5, 5.41) is 4.18. The number of nitrogens with zero attached hydrogens (tertiary/aromatic N) is 4. The van der Waals surface area contributed by atoms with Gasteiger partial charge in [0.1, 0.15) is 10.8 Å². The maximum atomic E-state index is 11.7. The number of carbonyl (C=O) groups excluding carboxylic acids is 1. The normalized spacial score (nSPS) is 20.5. The third-order valence-electron chi connectivity index (χ3n) is 5.76. The highest BCUT2D eigenvalue weighted by Gasteiger charge is 2.33. The second-order valence-corrected chi connectivity index (χ2v) is 9.07. The molecule has 146 valence electrons. The van der Waals surface area contributed by atoms with Crippen LogP contribution < -0.4 is 5.32 Å². The molecular weight excluding hydrogens is 358 g/mol. The summed E-state index contributed by atoms with van der Waals surface area (Å²) >= 11 is 1.81. The molecule has 7 heteroatoms. The van der Waals surface area contributed by atoms with Gasteiger partial charge in [-0.3, -0.25) is 9.69 Å². The fourth-order valence-corrected chi connectivity index (χ4v) is 5.32. The smallest absolute Gasteiger partial charge is 0.222 e. The minimum Gasteiger partial charge on any atom is -0.329 e. The number of nitrogens with one attached hydrogen (secondary N) is 1. The van der Waals surface area contributed by atoms with Crippen LogP contribution in [0.2, 0.25) is 0 Å². The van der Waals surface area contributed by atoms with E-state index in [9.17, 15) is 4.79 Å². The number of carbonyl (C=O) groups is 1. The van der Waals surface area contributed by atoms with Gasteiger partial charge in [0.25, 0.3) is 0 Å². The molecule has 2 aliphatic rings. The molecule has 0 aromatic carbocycles. The molecule has 2 aromatic rings. The van der Waals surface area contributed by atoms with E-state index in [1.165, 1.54) is 41.3 Å². The van der Waals surface area contributed by atoms with Gasteiger partial charge in [-0.25, -0.2) is 9.97 Å². The van der Waals surface area contributed by atoms with Crippen LogP contribution in [-0.2, 0) is 24.3 Å². The van der Waals surface area contributed by atoms with Crippen LogP contribution in [0.3, 0.4) is 0 Å². The predicted octanol–water partition coefficient (Wildman–Crippen LogP) is 3.98. The van der Waals surface area contributed by atoms with Crippen molar-refractivity contribution in [2.24, 2.45) is 0 Å². The zero-order valence-electron chi connectivity index (χ0n) is 16.5. The van der Waals surface area contributed by atoms with Gasteiger partial charge in [-0.1, -0.05) is 6.42 Å². The highest BCUT2D eigenvalue weighted by molar-refractivity contribution is 7.11. The van der Waals surface area contributed by atoms with E-state index in [2.05, 4.69) is 28.6 Å². The standard InChI is InChI=1S/C20H29N5OS/c1-13-14(2)27-18(21-13)12-24-10-7-9-17(24)20-23-19(22-15(3)26)16-8-5-4-6-11-25(16)20/h17H,4-12H2,1-3H3,(H,22,26)/t17-/m0/s1. The Hall–Kier alpha value is -1.73. The van der Waals surface area contributed by atoms with Crippen molar-refractivity contribution in [3.8, 4) is 0 Å². The fraction of sp³-hybridized carbons (Fsp3) is 0.650.